The highest BCUT2D eigenvalue weighted by Crippen LogP contribution is 2.09. The van der Waals surface area contributed by atoms with E-state index in [2.05, 4.69) is 69.8 Å². The van der Waals surface area contributed by atoms with Crippen molar-refractivity contribution in [1.82, 2.24) is 9.13 Å². The van der Waals surface area contributed by atoms with E-state index in [4.69, 9.17) is 0 Å². The summed E-state index contributed by atoms with van der Waals surface area (Å²) in [5.74, 6) is 0. The SMILES string of the molecule is C[n+]1ccn(CCCCn2cc[n+](C)c2)c1.Cc1ccc(S(=O)(=O)[O-])cc1.Cc1ccc(S(=O)(=O)[O-])cc1. The van der Waals surface area contributed by atoms with Crippen molar-refractivity contribution < 1.29 is 35.1 Å². The van der Waals surface area contributed by atoms with Crippen LogP contribution in [0.25, 0.3) is 0 Å². The summed E-state index contributed by atoms with van der Waals surface area (Å²) < 4.78 is 70.9. The average Bonchev–Trinajstić information content (AvgIpc) is 3.44. The summed E-state index contributed by atoms with van der Waals surface area (Å²) in [7, 11) is -4.44. The number of imidazole rings is 2. The number of aryl methyl sites for hydroxylation is 6. The first-order valence-electron chi connectivity index (χ1n) is 11.8. The summed E-state index contributed by atoms with van der Waals surface area (Å²) in [5, 5.41) is 0. The monoisotopic (exact) mass is 562 g/mol. The Labute approximate surface area is 224 Å². The molecular weight excluding hydrogens is 528 g/mol. The molecule has 0 bridgehead atoms. The largest absolute Gasteiger partial charge is 0.744 e. The second-order valence-electron chi connectivity index (χ2n) is 8.88. The molecule has 2 heterocycles. The summed E-state index contributed by atoms with van der Waals surface area (Å²) in [6, 6.07) is 11.6. The molecule has 0 aliphatic carbocycles. The molecule has 10 nitrogen and oxygen atoms in total. The van der Waals surface area contributed by atoms with Crippen molar-refractivity contribution in [3.8, 4) is 0 Å². The van der Waals surface area contributed by atoms with Gasteiger partial charge in [-0.05, 0) is 51.0 Å². The molecule has 0 saturated heterocycles. The number of rotatable bonds is 7. The van der Waals surface area contributed by atoms with Crippen molar-refractivity contribution >= 4 is 20.2 Å². The van der Waals surface area contributed by atoms with E-state index in [1.165, 1.54) is 37.1 Å². The molecule has 2 aromatic heterocycles. The molecule has 0 unspecified atom stereocenters. The van der Waals surface area contributed by atoms with E-state index in [0.717, 1.165) is 24.2 Å². The van der Waals surface area contributed by atoms with E-state index < -0.39 is 20.2 Å². The maximum atomic E-state index is 10.4. The molecule has 0 atom stereocenters. The second kappa shape index (κ2) is 14.0. The molecular formula is C26H34N4O6S2. The molecule has 4 rings (SSSR count). The molecule has 0 saturated carbocycles. The van der Waals surface area contributed by atoms with Crippen LogP contribution in [0.5, 0.6) is 0 Å². The van der Waals surface area contributed by atoms with Crippen LogP contribution in [0.15, 0.2) is 95.8 Å². The lowest BCUT2D eigenvalue weighted by Crippen LogP contribution is -2.24. The normalized spacial score (nSPS) is 11.2. The van der Waals surface area contributed by atoms with Gasteiger partial charge in [0.05, 0.1) is 37.0 Å². The Morgan fingerprint density at radius 3 is 1.18 bits per heavy atom. The highest BCUT2D eigenvalue weighted by molar-refractivity contribution is 7.86. The highest BCUT2D eigenvalue weighted by Gasteiger charge is 2.02. The summed E-state index contributed by atoms with van der Waals surface area (Å²) in [4.78, 5) is -0.355. The minimum Gasteiger partial charge on any atom is -0.744 e. The minimum absolute atomic E-state index is 0.178. The maximum Gasteiger partial charge on any atom is 0.243 e. The van der Waals surface area contributed by atoms with Gasteiger partial charge >= 0.3 is 0 Å². The Morgan fingerprint density at radius 1 is 0.632 bits per heavy atom. The maximum absolute atomic E-state index is 10.4. The predicted molar refractivity (Wildman–Crippen MR) is 139 cm³/mol. The smallest absolute Gasteiger partial charge is 0.243 e. The van der Waals surface area contributed by atoms with Crippen molar-refractivity contribution in [2.75, 3.05) is 0 Å². The Hall–Kier alpha value is -3.32. The van der Waals surface area contributed by atoms with Crippen LogP contribution in [0.2, 0.25) is 0 Å². The minimum atomic E-state index is -4.27. The number of nitrogens with zero attached hydrogens (tertiary/aromatic N) is 4. The van der Waals surface area contributed by atoms with Crippen LogP contribution in [-0.2, 0) is 47.4 Å². The lowest BCUT2D eigenvalue weighted by Gasteiger charge is -2.05. The molecule has 0 fully saturated rings. The van der Waals surface area contributed by atoms with Gasteiger partial charge in [-0.25, -0.2) is 35.1 Å². The molecule has 2 aromatic carbocycles. The molecule has 206 valence electrons. The van der Waals surface area contributed by atoms with Gasteiger partial charge in [0.2, 0.25) is 12.7 Å². The van der Waals surface area contributed by atoms with Crippen molar-refractivity contribution in [3.05, 3.63) is 97.1 Å². The van der Waals surface area contributed by atoms with Crippen LogP contribution in [0, 0.1) is 13.8 Å². The molecule has 0 N–H and O–H groups in total. The van der Waals surface area contributed by atoms with Gasteiger partial charge in [0, 0.05) is 0 Å². The van der Waals surface area contributed by atoms with E-state index in [1.807, 2.05) is 13.8 Å². The van der Waals surface area contributed by atoms with Crippen LogP contribution in [0.1, 0.15) is 24.0 Å². The molecule has 0 amide bonds. The number of unbranched alkanes of at least 4 members (excludes halogenated alkanes) is 1. The quantitative estimate of drug-likeness (QED) is 0.193. The number of aromatic nitrogens is 4. The van der Waals surface area contributed by atoms with Gasteiger partial charge in [-0.3, -0.25) is 0 Å². The van der Waals surface area contributed by atoms with Crippen LogP contribution in [-0.4, -0.2) is 35.1 Å². The third-order valence-electron chi connectivity index (χ3n) is 5.35. The van der Waals surface area contributed by atoms with E-state index in [-0.39, 0.29) is 9.79 Å². The van der Waals surface area contributed by atoms with Gasteiger partial charge < -0.3 is 9.11 Å². The third-order valence-corrected chi connectivity index (χ3v) is 7.05. The first-order chi connectivity index (χ1) is 17.7. The van der Waals surface area contributed by atoms with Gasteiger partial charge in [-0.1, -0.05) is 35.4 Å². The van der Waals surface area contributed by atoms with Crippen LogP contribution in [0.3, 0.4) is 0 Å². The van der Waals surface area contributed by atoms with Gasteiger partial charge in [-0.2, -0.15) is 0 Å². The fourth-order valence-corrected chi connectivity index (χ4v) is 4.21. The van der Waals surface area contributed by atoms with Crippen molar-refractivity contribution in [3.63, 3.8) is 0 Å². The van der Waals surface area contributed by atoms with Gasteiger partial charge in [0.25, 0.3) is 0 Å². The van der Waals surface area contributed by atoms with Crippen LogP contribution < -0.4 is 9.13 Å². The lowest BCUT2D eigenvalue weighted by atomic mass is 10.2. The molecule has 0 radical (unpaired) electrons. The van der Waals surface area contributed by atoms with E-state index >= 15 is 0 Å². The topological polar surface area (TPSA) is 132 Å². The van der Waals surface area contributed by atoms with E-state index in [1.54, 1.807) is 24.3 Å². The van der Waals surface area contributed by atoms with Crippen molar-refractivity contribution in [2.24, 2.45) is 14.1 Å². The lowest BCUT2D eigenvalue weighted by molar-refractivity contribution is -0.671. The van der Waals surface area contributed by atoms with Crippen LogP contribution >= 0.6 is 0 Å². The van der Waals surface area contributed by atoms with Gasteiger partial charge in [0.1, 0.15) is 45.0 Å². The zero-order valence-corrected chi connectivity index (χ0v) is 23.6. The van der Waals surface area contributed by atoms with Crippen molar-refractivity contribution in [1.29, 1.82) is 0 Å². The summed E-state index contributed by atoms with van der Waals surface area (Å²) in [6.45, 7) is 5.85. The number of hydrogen-bond acceptors (Lipinski definition) is 6. The zero-order valence-electron chi connectivity index (χ0n) is 22.0. The van der Waals surface area contributed by atoms with Crippen LogP contribution in [0.4, 0.5) is 0 Å². The Kier molecular flexibility index (Phi) is 11.4. The zero-order chi connectivity index (χ0) is 28.3. The Morgan fingerprint density at radius 2 is 0.947 bits per heavy atom. The molecule has 12 heteroatoms. The number of benzene rings is 2. The van der Waals surface area contributed by atoms with Crippen molar-refractivity contribution in [2.45, 2.75) is 49.6 Å². The molecule has 0 aliphatic heterocycles. The highest BCUT2D eigenvalue weighted by atomic mass is 32.2. The molecule has 38 heavy (non-hydrogen) atoms. The summed E-state index contributed by atoms with van der Waals surface area (Å²) in [6.07, 6.45) is 15.1. The average molecular weight is 563 g/mol. The van der Waals surface area contributed by atoms with Gasteiger partial charge in [0.15, 0.2) is 0 Å². The molecule has 0 aliphatic rings. The Balaban J connectivity index is 0.000000206. The standard InChI is InChI=1S/C12H20N4.2C7H8O3S/c1-13-7-9-15(11-13)5-3-4-6-16-10-8-14(2)12-16;2*1-6-2-4-7(5-3-6)11(8,9)10/h7-12H,3-6H2,1-2H3;2*2-5H,1H3,(H,8,9,10)/q+2;;/p-2. The van der Waals surface area contributed by atoms with E-state index in [9.17, 15) is 25.9 Å². The van der Waals surface area contributed by atoms with E-state index in [0.29, 0.717) is 0 Å². The number of hydrogen-bond donors (Lipinski definition) is 0. The predicted octanol–water partition coefficient (Wildman–Crippen LogP) is 2.22. The molecule has 4 aromatic rings. The first kappa shape index (κ1) is 30.9. The van der Waals surface area contributed by atoms with Gasteiger partial charge in [-0.15, -0.1) is 0 Å². The first-order valence-corrected chi connectivity index (χ1v) is 14.6. The second-order valence-corrected chi connectivity index (χ2v) is 11.6. The molecule has 0 spiro atoms. The fraction of sp³-hybridized carbons (Fsp3) is 0.308. The summed E-state index contributed by atoms with van der Waals surface area (Å²) in [5.41, 5.74) is 1.86. The third kappa shape index (κ3) is 11.4. The summed E-state index contributed by atoms with van der Waals surface area (Å²) >= 11 is 0. The Bertz CT molecular complexity index is 1380. The fourth-order valence-electron chi connectivity index (χ4n) is 3.27.